The molecule has 1 atom stereocenters. The van der Waals surface area contributed by atoms with Crippen LogP contribution < -0.4 is 10.2 Å². The zero-order chi connectivity index (χ0) is 18.4. The van der Waals surface area contributed by atoms with E-state index in [0.29, 0.717) is 30.0 Å². The number of hydrogen-bond donors (Lipinski definition) is 1. The van der Waals surface area contributed by atoms with Crippen LogP contribution in [-0.4, -0.2) is 37.2 Å². The Morgan fingerprint density at radius 2 is 1.96 bits per heavy atom. The van der Waals surface area contributed by atoms with Crippen molar-refractivity contribution >= 4 is 23.4 Å². The van der Waals surface area contributed by atoms with Crippen LogP contribution in [0.4, 0.5) is 11.5 Å². The average Bonchev–Trinajstić information content (AvgIpc) is 2.99. The van der Waals surface area contributed by atoms with Crippen LogP contribution in [0.25, 0.3) is 0 Å². The van der Waals surface area contributed by atoms with Gasteiger partial charge in [-0.2, -0.15) is 0 Å². The number of rotatable bonds is 7. The zero-order valence-electron chi connectivity index (χ0n) is 14.9. The second-order valence-corrected chi connectivity index (χ2v) is 5.94. The van der Waals surface area contributed by atoms with Crippen molar-refractivity contribution in [1.82, 2.24) is 5.16 Å². The molecule has 7 heteroatoms. The summed E-state index contributed by atoms with van der Waals surface area (Å²) in [6.45, 7) is 3.64. The van der Waals surface area contributed by atoms with Crippen molar-refractivity contribution in [1.29, 1.82) is 0 Å². The number of nitrogens with zero attached hydrogens (tertiary/aromatic N) is 2. The SMILES string of the molecule is CCCC(OC(=O)c1ccc(N(C)C)cc1)C(=O)Nc1cc(C)on1. The number of amides is 1. The van der Waals surface area contributed by atoms with E-state index < -0.39 is 18.0 Å². The Balaban J connectivity index is 2.04. The third-order valence-electron chi connectivity index (χ3n) is 3.59. The minimum atomic E-state index is -0.886. The Kier molecular flexibility index (Phi) is 6.16. The molecule has 0 aliphatic carbocycles. The summed E-state index contributed by atoms with van der Waals surface area (Å²) >= 11 is 0. The molecule has 1 unspecified atom stereocenters. The lowest BCUT2D eigenvalue weighted by molar-refractivity contribution is -0.125. The van der Waals surface area contributed by atoms with E-state index in [0.717, 1.165) is 5.69 Å². The Labute approximate surface area is 146 Å². The minimum absolute atomic E-state index is 0.301. The highest BCUT2D eigenvalue weighted by Crippen LogP contribution is 2.16. The minimum Gasteiger partial charge on any atom is -0.449 e. The predicted molar refractivity (Wildman–Crippen MR) is 94.8 cm³/mol. The lowest BCUT2D eigenvalue weighted by Crippen LogP contribution is -2.32. The number of carbonyl (C=O) groups excluding carboxylic acids is 2. The fourth-order valence-corrected chi connectivity index (χ4v) is 2.23. The van der Waals surface area contributed by atoms with Crippen LogP contribution in [0.15, 0.2) is 34.9 Å². The van der Waals surface area contributed by atoms with Crippen molar-refractivity contribution in [3.63, 3.8) is 0 Å². The first-order valence-electron chi connectivity index (χ1n) is 8.13. The Morgan fingerprint density at radius 1 is 1.28 bits per heavy atom. The maximum Gasteiger partial charge on any atom is 0.338 e. The molecule has 1 N–H and O–H groups in total. The highest BCUT2D eigenvalue weighted by Gasteiger charge is 2.24. The maximum absolute atomic E-state index is 12.3. The highest BCUT2D eigenvalue weighted by molar-refractivity contribution is 5.97. The number of hydrogen-bond acceptors (Lipinski definition) is 6. The van der Waals surface area contributed by atoms with Crippen LogP contribution in [-0.2, 0) is 9.53 Å². The molecular weight excluding hydrogens is 322 g/mol. The fraction of sp³-hybridized carbons (Fsp3) is 0.389. The van der Waals surface area contributed by atoms with Gasteiger partial charge in [-0.1, -0.05) is 18.5 Å². The van der Waals surface area contributed by atoms with Crippen molar-refractivity contribution in [2.24, 2.45) is 0 Å². The van der Waals surface area contributed by atoms with E-state index in [1.807, 2.05) is 38.1 Å². The van der Waals surface area contributed by atoms with Crippen molar-refractivity contribution in [2.75, 3.05) is 24.3 Å². The van der Waals surface area contributed by atoms with Crippen LogP contribution in [0.2, 0.25) is 0 Å². The van der Waals surface area contributed by atoms with Gasteiger partial charge in [0.2, 0.25) is 0 Å². The van der Waals surface area contributed by atoms with Crippen LogP contribution in [0, 0.1) is 6.92 Å². The third kappa shape index (κ3) is 5.07. The number of aromatic nitrogens is 1. The van der Waals surface area contributed by atoms with E-state index in [1.54, 1.807) is 25.1 Å². The molecule has 1 aromatic heterocycles. The van der Waals surface area contributed by atoms with Gasteiger partial charge in [-0.05, 0) is 37.6 Å². The molecule has 0 spiro atoms. The number of ether oxygens (including phenoxy) is 1. The molecule has 0 aliphatic heterocycles. The Bertz CT molecular complexity index is 722. The number of anilines is 2. The summed E-state index contributed by atoms with van der Waals surface area (Å²) < 4.78 is 10.3. The molecular formula is C18H23N3O4. The summed E-state index contributed by atoms with van der Waals surface area (Å²) in [7, 11) is 3.83. The van der Waals surface area contributed by atoms with Crippen molar-refractivity contribution in [3.8, 4) is 0 Å². The quantitative estimate of drug-likeness (QED) is 0.777. The maximum atomic E-state index is 12.3. The monoisotopic (exact) mass is 345 g/mol. The second kappa shape index (κ2) is 8.32. The van der Waals surface area contributed by atoms with E-state index in [9.17, 15) is 9.59 Å². The molecule has 0 bridgehead atoms. The first-order chi connectivity index (χ1) is 11.9. The van der Waals surface area contributed by atoms with Gasteiger partial charge in [0.1, 0.15) is 5.76 Å². The number of benzene rings is 1. The van der Waals surface area contributed by atoms with E-state index in [2.05, 4.69) is 10.5 Å². The summed E-state index contributed by atoms with van der Waals surface area (Å²) in [5.41, 5.74) is 1.37. The molecule has 25 heavy (non-hydrogen) atoms. The van der Waals surface area contributed by atoms with E-state index >= 15 is 0 Å². The first kappa shape index (κ1) is 18.5. The molecule has 2 rings (SSSR count). The average molecular weight is 345 g/mol. The standard InChI is InChI=1S/C18H23N3O4/c1-5-6-15(17(22)19-16-11-12(2)25-20-16)24-18(23)13-7-9-14(10-8-13)21(3)4/h7-11,15H,5-6H2,1-4H3,(H,19,20,22). The van der Waals surface area contributed by atoms with E-state index in [-0.39, 0.29) is 0 Å². The largest absolute Gasteiger partial charge is 0.449 e. The predicted octanol–water partition coefficient (Wildman–Crippen LogP) is 3.01. The van der Waals surface area contributed by atoms with Gasteiger partial charge in [0.05, 0.1) is 5.56 Å². The van der Waals surface area contributed by atoms with Gasteiger partial charge in [0, 0.05) is 25.8 Å². The zero-order valence-corrected chi connectivity index (χ0v) is 14.9. The number of aryl methyl sites for hydroxylation is 1. The third-order valence-corrected chi connectivity index (χ3v) is 3.59. The normalized spacial score (nSPS) is 11.7. The van der Waals surface area contributed by atoms with Crippen LogP contribution >= 0.6 is 0 Å². The number of carbonyl (C=O) groups is 2. The van der Waals surface area contributed by atoms with Gasteiger partial charge in [0.15, 0.2) is 11.9 Å². The summed E-state index contributed by atoms with van der Waals surface area (Å²) in [6.07, 6.45) is 0.232. The second-order valence-electron chi connectivity index (χ2n) is 5.94. The van der Waals surface area contributed by atoms with E-state index in [1.165, 1.54) is 0 Å². The molecule has 1 heterocycles. The molecule has 7 nitrogen and oxygen atoms in total. The van der Waals surface area contributed by atoms with Gasteiger partial charge in [0.25, 0.3) is 5.91 Å². The molecule has 0 saturated heterocycles. The van der Waals surface area contributed by atoms with Gasteiger partial charge in [-0.15, -0.1) is 0 Å². The van der Waals surface area contributed by atoms with Crippen molar-refractivity contribution in [3.05, 3.63) is 41.7 Å². The summed E-state index contributed by atoms with van der Waals surface area (Å²) in [6, 6.07) is 8.61. The van der Waals surface area contributed by atoms with Crippen molar-refractivity contribution in [2.45, 2.75) is 32.8 Å². The van der Waals surface area contributed by atoms with Gasteiger partial charge in [-0.3, -0.25) is 4.79 Å². The summed E-state index contributed by atoms with van der Waals surface area (Å²) in [4.78, 5) is 26.6. The fourth-order valence-electron chi connectivity index (χ4n) is 2.23. The molecule has 134 valence electrons. The van der Waals surface area contributed by atoms with Gasteiger partial charge >= 0.3 is 5.97 Å². The van der Waals surface area contributed by atoms with Crippen LogP contribution in [0.1, 0.15) is 35.9 Å². The molecule has 0 saturated carbocycles. The Morgan fingerprint density at radius 3 is 2.48 bits per heavy atom. The highest BCUT2D eigenvalue weighted by atomic mass is 16.5. The number of nitrogens with one attached hydrogen (secondary N) is 1. The summed E-state index contributed by atoms with van der Waals surface area (Å²) in [5, 5.41) is 6.31. The lowest BCUT2D eigenvalue weighted by Gasteiger charge is -2.17. The molecule has 0 fully saturated rings. The van der Waals surface area contributed by atoms with Gasteiger partial charge in [-0.25, -0.2) is 4.79 Å². The molecule has 1 amide bonds. The van der Waals surface area contributed by atoms with E-state index in [4.69, 9.17) is 9.26 Å². The first-order valence-corrected chi connectivity index (χ1v) is 8.13. The molecule has 1 aromatic carbocycles. The molecule has 0 aliphatic rings. The smallest absolute Gasteiger partial charge is 0.338 e. The lowest BCUT2D eigenvalue weighted by atomic mass is 10.1. The van der Waals surface area contributed by atoms with Crippen LogP contribution in [0.5, 0.6) is 0 Å². The topological polar surface area (TPSA) is 84.7 Å². The molecule has 2 aromatic rings. The van der Waals surface area contributed by atoms with Gasteiger partial charge < -0.3 is 19.5 Å². The van der Waals surface area contributed by atoms with Crippen molar-refractivity contribution < 1.29 is 18.8 Å². The number of esters is 1. The Hall–Kier alpha value is -2.83. The molecule has 0 radical (unpaired) electrons. The van der Waals surface area contributed by atoms with Crippen LogP contribution in [0.3, 0.4) is 0 Å². The summed E-state index contributed by atoms with van der Waals surface area (Å²) in [5.74, 6) is -0.0704.